The van der Waals surface area contributed by atoms with Crippen molar-refractivity contribution >= 4 is 5.91 Å². The Kier molecular flexibility index (Phi) is 4.75. The number of amides is 1. The number of nitrogens with zero attached hydrogens (tertiary/aromatic N) is 2. The van der Waals surface area contributed by atoms with Gasteiger partial charge in [-0.1, -0.05) is 55.5 Å². The van der Waals surface area contributed by atoms with Gasteiger partial charge in [-0.05, 0) is 25.5 Å². The van der Waals surface area contributed by atoms with Gasteiger partial charge in [-0.3, -0.25) is 4.79 Å². The molecule has 0 spiro atoms. The van der Waals surface area contributed by atoms with Crippen LogP contribution in [0.5, 0.6) is 0 Å². The van der Waals surface area contributed by atoms with Crippen molar-refractivity contribution < 1.29 is 4.79 Å². The minimum atomic E-state index is -0.0922. The SMILES string of the molecule is CCC(C)NC(=O)c1cn(-c2ccccc2)nc1-c1ccccc1. The number of carbonyl (C=O) groups excluding carboxylic acids is 1. The van der Waals surface area contributed by atoms with Crippen molar-refractivity contribution in [2.45, 2.75) is 26.3 Å². The molecule has 1 N–H and O–H groups in total. The minimum absolute atomic E-state index is 0.0922. The normalized spacial score (nSPS) is 11.9. The maximum Gasteiger partial charge on any atom is 0.255 e. The number of para-hydroxylation sites is 1. The summed E-state index contributed by atoms with van der Waals surface area (Å²) in [4.78, 5) is 12.7. The Labute approximate surface area is 142 Å². The third-order valence-electron chi connectivity index (χ3n) is 4.02. The Morgan fingerprint density at radius 1 is 1.08 bits per heavy atom. The van der Waals surface area contributed by atoms with E-state index in [0.717, 1.165) is 17.7 Å². The summed E-state index contributed by atoms with van der Waals surface area (Å²) in [6.07, 6.45) is 2.69. The fourth-order valence-electron chi connectivity index (χ4n) is 2.47. The first-order valence-electron chi connectivity index (χ1n) is 8.20. The van der Waals surface area contributed by atoms with E-state index in [0.29, 0.717) is 11.3 Å². The molecule has 0 aliphatic carbocycles. The van der Waals surface area contributed by atoms with Crippen molar-refractivity contribution in [2.24, 2.45) is 0 Å². The molecule has 1 atom stereocenters. The van der Waals surface area contributed by atoms with Crippen LogP contribution in [0, 0.1) is 0 Å². The molecule has 1 heterocycles. The van der Waals surface area contributed by atoms with Crippen LogP contribution in [0.3, 0.4) is 0 Å². The van der Waals surface area contributed by atoms with E-state index in [4.69, 9.17) is 0 Å². The molecule has 0 aliphatic heterocycles. The number of hydrogen-bond acceptors (Lipinski definition) is 2. The summed E-state index contributed by atoms with van der Waals surface area (Å²) in [5, 5.41) is 7.69. The monoisotopic (exact) mass is 319 g/mol. The van der Waals surface area contributed by atoms with Gasteiger partial charge >= 0.3 is 0 Å². The van der Waals surface area contributed by atoms with E-state index in [1.807, 2.05) is 67.6 Å². The Bertz CT molecular complexity index is 809. The molecule has 0 fully saturated rings. The molecule has 1 unspecified atom stereocenters. The zero-order chi connectivity index (χ0) is 16.9. The number of nitrogens with one attached hydrogen (secondary N) is 1. The van der Waals surface area contributed by atoms with Crippen LogP contribution in [-0.4, -0.2) is 21.7 Å². The second-order valence-corrected chi connectivity index (χ2v) is 5.82. The first-order chi connectivity index (χ1) is 11.7. The molecule has 0 radical (unpaired) electrons. The molecule has 122 valence electrons. The number of aromatic nitrogens is 2. The quantitative estimate of drug-likeness (QED) is 0.770. The third kappa shape index (κ3) is 3.38. The zero-order valence-corrected chi connectivity index (χ0v) is 13.9. The standard InChI is InChI=1S/C20H21N3O/c1-3-15(2)21-20(24)18-14-23(17-12-8-5-9-13-17)22-19(18)16-10-6-4-7-11-16/h4-15H,3H2,1-2H3,(H,21,24). The summed E-state index contributed by atoms with van der Waals surface area (Å²) in [7, 11) is 0. The molecule has 0 saturated carbocycles. The van der Waals surface area contributed by atoms with E-state index in [-0.39, 0.29) is 11.9 Å². The predicted octanol–water partition coefficient (Wildman–Crippen LogP) is 4.07. The van der Waals surface area contributed by atoms with Gasteiger partial charge in [0.15, 0.2) is 0 Å². The number of carbonyl (C=O) groups is 1. The maximum absolute atomic E-state index is 12.7. The summed E-state index contributed by atoms with van der Waals surface area (Å²) < 4.78 is 1.76. The van der Waals surface area contributed by atoms with Gasteiger partial charge in [-0.15, -0.1) is 0 Å². The molecule has 4 nitrogen and oxygen atoms in total. The Morgan fingerprint density at radius 2 is 1.71 bits per heavy atom. The Morgan fingerprint density at radius 3 is 2.33 bits per heavy atom. The smallest absolute Gasteiger partial charge is 0.255 e. The van der Waals surface area contributed by atoms with E-state index < -0.39 is 0 Å². The minimum Gasteiger partial charge on any atom is -0.349 e. The number of benzene rings is 2. The van der Waals surface area contributed by atoms with Gasteiger partial charge in [0, 0.05) is 17.8 Å². The van der Waals surface area contributed by atoms with E-state index in [2.05, 4.69) is 17.3 Å². The van der Waals surface area contributed by atoms with Crippen molar-refractivity contribution in [2.75, 3.05) is 0 Å². The fourth-order valence-corrected chi connectivity index (χ4v) is 2.47. The van der Waals surface area contributed by atoms with Gasteiger partial charge < -0.3 is 5.32 Å². The van der Waals surface area contributed by atoms with Crippen LogP contribution in [0.15, 0.2) is 66.9 Å². The van der Waals surface area contributed by atoms with Crippen LogP contribution < -0.4 is 5.32 Å². The van der Waals surface area contributed by atoms with Crippen molar-refractivity contribution in [3.63, 3.8) is 0 Å². The molecule has 0 aliphatic rings. The summed E-state index contributed by atoms with van der Waals surface area (Å²) in [6.45, 7) is 4.05. The lowest BCUT2D eigenvalue weighted by molar-refractivity contribution is 0.0940. The van der Waals surface area contributed by atoms with Crippen molar-refractivity contribution in [3.8, 4) is 16.9 Å². The molecular weight excluding hydrogens is 298 g/mol. The van der Waals surface area contributed by atoms with Crippen LogP contribution >= 0.6 is 0 Å². The molecule has 3 aromatic rings. The van der Waals surface area contributed by atoms with Crippen molar-refractivity contribution in [1.29, 1.82) is 0 Å². The molecule has 3 rings (SSSR count). The maximum atomic E-state index is 12.7. The van der Waals surface area contributed by atoms with Crippen LogP contribution in [0.1, 0.15) is 30.6 Å². The van der Waals surface area contributed by atoms with Gasteiger partial charge in [-0.25, -0.2) is 4.68 Å². The third-order valence-corrected chi connectivity index (χ3v) is 4.02. The van der Waals surface area contributed by atoms with Crippen LogP contribution in [0.2, 0.25) is 0 Å². The highest BCUT2D eigenvalue weighted by Gasteiger charge is 2.19. The molecule has 1 amide bonds. The Balaban J connectivity index is 2.05. The summed E-state index contributed by atoms with van der Waals surface area (Å²) in [6, 6.07) is 19.7. The number of hydrogen-bond donors (Lipinski definition) is 1. The zero-order valence-electron chi connectivity index (χ0n) is 13.9. The molecular formula is C20H21N3O. The predicted molar refractivity (Wildman–Crippen MR) is 96.2 cm³/mol. The lowest BCUT2D eigenvalue weighted by Gasteiger charge is -2.11. The van der Waals surface area contributed by atoms with Crippen LogP contribution in [0.4, 0.5) is 0 Å². The van der Waals surface area contributed by atoms with Crippen molar-refractivity contribution in [3.05, 3.63) is 72.4 Å². The molecule has 24 heavy (non-hydrogen) atoms. The summed E-state index contributed by atoms with van der Waals surface area (Å²) >= 11 is 0. The molecule has 0 bridgehead atoms. The largest absolute Gasteiger partial charge is 0.349 e. The van der Waals surface area contributed by atoms with E-state index in [1.165, 1.54) is 0 Å². The number of rotatable bonds is 5. The fraction of sp³-hybridized carbons (Fsp3) is 0.200. The lowest BCUT2D eigenvalue weighted by Crippen LogP contribution is -2.32. The highest BCUT2D eigenvalue weighted by atomic mass is 16.1. The van der Waals surface area contributed by atoms with Crippen LogP contribution in [0.25, 0.3) is 16.9 Å². The molecule has 4 heteroatoms. The van der Waals surface area contributed by atoms with Crippen LogP contribution in [-0.2, 0) is 0 Å². The van der Waals surface area contributed by atoms with Gasteiger partial charge in [-0.2, -0.15) is 5.10 Å². The molecule has 2 aromatic carbocycles. The molecule has 1 aromatic heterocycles. The average Bonchev–Trinajstić information content (AvgIpc) is 3.08. The van der Waals surface area contributed by atoms with Gasteiger partial charge in [0.05, 0.1) is 11.3 Å². The topological polar surface area (TPSA) is 46.9 Å². The first-order valence-corrected chi connectivity index (χ1v) is 8.20. The van der Waals surface area contributed by atoms with E-state index in [9.17, 15) is 4.79 Å². The average molecular weight is 319 g/mol. The lowest BCUT2D eigenvalue weighted by atomic mass is 10.1. The molecule has 0 saturated heterocycles. The summed E-state index contributed by atoms with van der Waals surface area (Å²) in [5.41, 5.74) is 3.14. The highest BCUT2D eigenvalue weighted by Crippen LogP contribution is 2.23. The Hall–Kier alpha value is -2.88. The van der Waals surface area contributed by atoms with E-state index >= 15 is 0 Å². The van der Waals surface area contributed by atoms with Gasteiger partial charge in [0.25, 0.3) is 5.91 Å². The van der Waals surface area contributed by atoms with Gasteiger partial charge in [0.1, 0.15) is 5.69 Å². The first kappa shape index (κ1) is 16.0. The van der Waals surface area contributed by atoms with E-state index in [1.54, 1.807) is 10.9 Å². The highest BCUT2D eigenvalue weighted by molar-refractivity contribution is 6.00. The second-order valence-electron chi connectivity index (χ2n) is 5.82. The van der Waals surface area contributed by atoms with Crippen molar-refractivity contribution in [1.82, 2.24) is 15.1 Å². The summed E-state index contributed by atoms with van der Waals surface area (Å²) in [5.74, 6) is -0.0922. The second kappa shape index (κ2) is 7.13. The van der Waals surface area contributed by atoms with Gasteiger partial charge in [0.2, 0.25) is 0 Å².